The van der Waals surface area contributed by atoms with Crippen LogP contribution in [0.3, 0.4) is 0 Å². The Morgan fingerprint density at radius 2 is 1.90 bits per heavy atom. The molecule has 0 fully saturated rings. The molecule has 0 aliphatic rings. The van der Waals surface area contributed by atoms with E-state index in [0.717, 1.165) is 18.1 Å². The van der Waals surface area contributed by atoms with Crippen LogP contribution in [0.2, 0.25) is 0 Å². The predicted molar refractivity (Wildman–Crippen MR) is 65.2 cm³/mol. The van der Waals surface area contributed by atoms with Crippen molar-refractivity contribution in [3.63, 3.8) is 0 Å². The van der Waals surface area contributed by atoms with E-state index in [4.69, 9.17) is 0 Å². The van der Waals surface area contributed by atoms with Crippen molar-refractivity contribution in [3.8, 4) is 0 Å². The van der Waals surface area contributed by atoms with Crippen LogP contribution in [0, 0.1) is 0 Å². The molecule has 0 amide bonds. The van der Waals surface area contributed by atoms with E-state index in [2.05, 4.69) is 10.2 Å². The van der Waals surface area contributed by atoms with Crippen molar-refractivity contribution in [3.05, 3.63) is 45.9 Å². The van der Waals surface area contributed by atoms with E-state index in [-0.39, 0.29) is 6.54 Å². The summed E-state index contributed by atoms with van der Waals surface area (Å²) in [7, 11) is 1.75. The first kappa shape index (κ1) is 14.3. The van der Waals surface area contributed by atoms with E-state index >= 15 is 0 Å². The summed E-state index contributed by atoms with van der Waals surface area (Å²) in [4.78, 5) is 11.7. The highest BCUT2D eigenvalue weighted by molar-refractivity contribution is 5.15. The molecular weight excluding hydrogens is 273 g/mol. The first-order valence-electron chi connectivity index (χ1n) is 5.97. The molecule has 2 aromatic heterocycles. The summed E-state index contributed by atoms with van der Waals surface area (Å²) in [6.45, 7) is 2.00. The minimum Gasteiger partial charge on any atom is -0.317 e. The van der Waals surface area contributed by atoms with Gasteiger partial charge in [0.1, 0.15) is 5.82 Å². The van der Waals surface area contributed by atoms with Gasteiger partial charge in [0.25, 0.3) is 5.56 Å². The third-order valence-electron chi connectivity index (χ3n) is 3.01. The zero-order valence-electron chi connectivity index (χ0n) is 11.0. The van der Waals surface area contributed by atoms with Gasteiger partial charge in [-0.1, -0.05) is 6.92 Å². The Morgan fingerprint density at radius 1 is 1.25 bits per heavy atom. The van der Waals surface area contributed by atoms with Crippen LogP contribution in [0.15, 0.2) is 23.1 Å². The average Bonchev–Trinajstić information content (AvgIpc) is 2.71. The first-order chi connectivity index (χ1) is 9.32. The fraction of sp³-hybridized carbons (Fsp3) is 0.417. The van der Waals surface area contributed by atoms with E-state index in [1.54, 1.807) is 11.6 Å². The summed E-state index contributed by atoms with van der Waals surface area (Å²) in [6, 6.07) is 1.45. The fourth-order valence-electron chi connectivity index (χ4n) is 1.81. The van der Waals surface area contributed by atoms with E-state index in [1.165, 1.54) is 4.57 Å². The van der Waals surface area contributed by atoms with Gasteiger partial charge in [0.05, 0.1) is 12.1 Å². The summed E-state index contributed by atoms with van der Waals surface area (Å²) >= 11 is 0. The monoisotopic (exact) mass is 286 g/mol. The maximum absolute atomic E-state index is 12.5. The van der Waals surface area contributed by atoms with Gasteiger partial charge in [0, 0.05) is 25.7 Å². The van der Waals surface area contributed by atoms with Crippen molar-refractivity contribution in [2.45, 2.75) is 26.1 Å². The lowest BCUT2D eigenvalue weighted by molar-refractivity contribution is -0.137. The third-order valence-corrected chi connectivity index (χ3v) is 3.01. The molecule has 5 nitrogen and oxygen atoms in total. The van der Waals surface area contributed by atoms with Gasteiger partial charge in [-0.2, -0.15) is 13.2 Å². The van der Waals surface area contributed by atoms with Gasteiger partial charge in [-0.15, -0.1) is 10.2 Å². The van der Waals surface area contributed by atoms with Gasteiger partial charge in [0.2, 0.25) is 0 Å². The van der Waals surface area contributed by atoms with Gasteiger partial charge in [-0.3, -0.25) is 4.79 Å². The molecular formula is C12H13F3N4O. The molecule has 0 radical (unpaired) electrons. The molecule has 20 heavy (non-hydrogen) atoms. The quantitative estimate of drug-likeness (QED) is 0.861. The zero-order valence-corrected chi connectivity index (χ0v) is 11.0. The largest absolute Gasteiger partial charge is 0.416 e. The lowest BCUT2D eigenvalue weighted by Gasteiger charge is -2.09. The molecule has 2 aromatic rings. The fourth-order valence-corrected chi connectivity index (χ4v) is 1.81. The van der Waals surface area contributed by atoms with Crippen molar-refractivity contribution < 1.29 is 13.2 Å². The molecule has 0 saturated carbocycles. The highest BCUT2D eigenvalue weighted by Gasteiger charge is 2.30. The Morgan fingerprint density at radius 3 is 2.40 bits per heavy atom. The van der Waals surface area contributed by atoms with Crippen LogP contribution >= 0.6 is 0 Å². The predicted octanol–water partition coefficient (Wildman–Crippen LogP) is 1.61. The Kier molecular flexibility index (Phi) is 3.65. The second-order valence-electron chi connectivity index (χ2n) is 4.32. The van der Waals surface area contributed by atoms with E-state index < -0.39 is 17.3 Å². The topological polar surface area (TPSA) is 52.7 Å². The van der Waals surface area contributed by atoms with E-state index in [9.17, 15) is 18.0 Å². The summed E-state index contributed by atoms with van der Waals surface area (Å²) in [5.74, 6) is 1.27. The summed E-state index contributed by atoms with van der Waals surface area (Å²) in [5.41, 5.74) is -1.67. The van der Waals surface area contributed by atoms with Crippen LogP contribution in [0.5, 0.6) is 0 Å². The summed E-state index contributed by atoms with van der Waals surface area (Å²) in [5, 5.41) is 7.86. The lowest BCUT2D eigenvalue weighted by Crippen LogP contribution is -2.23. The summed E-state index contributed by atoms with van der Waals surface area (Å²) < 4.78 is 40.3. The Bertz CT molecular complexity index is 672. The molecule has 0 saturated heterocycles. The highest BCUT2D eigenvalue weighted by atomic mass is 19.4. The molecule has 8 heteroatoms. The number of aromatic nitrogens is 4. The van der Waals surface area contributed by atoms with E-state index in [0.29, 0.717) is 18.3 Å². The smallest absolute Gasteiger partial charge is 0.317 e. The third kappa shape index (κ3) is 2.73. The van der Waals surface area contributed by atoms with Crippen LogP contribution in [0.4, 0.5) is 13.2 Å². The number of pyridine rings is 1. The summed E-state index contributed by atoms with van der Waals surface area (Å²) in [6.07, 6.45) is -2.71. The normalized spacial score (nSPS) is 11.8. The van der Waals surface area contributed by atoms with Crippen molar-refractivity contribution in [2.75, 3.05) is 0 Å². The second kappa shape index (κ2) is 5.10. The van der Waals surface area contributed by atoms with Crippen molar-refractivity contribution in [1.82, 2.24) is 19.3 Å². The number of rotatable bonds is 3. The molecule has 0 aliphatic heterocycles. The lowest BCUT2D eigenvalue weighted by atomic mass is 10.2. The van der Waals surface area contributed by atoms with Crippen LogP contribution in [0.25, 0.3) is 0 Å². The number of halogens is 3. The molecule has 108 valence electrons. The molecule has 0 aromatic carbocycles. The van der Waals surface area contributed by atoms with Crippen LogP contribution in [-0.4, -0.2) is 19.3 Å². The number of alkyl halides is 3. The first-order valence-corrected chi connectivity index (χ1v) is 5.97. The maximum Gasteiger partial charge on any atom is 0.416 e. The van der Waals surface area contributed by atoms with Gasteiger partial charge in [0.15, 0.2) is 5.82 Å². The van der Waals surface area contributed by atoms with Crippen molar-refractivity contribution in [2.24, 2.45) is 7.05 Å². The minimum atomic E-state index is -4.52. The Balaban J connectivity index is 2.31. The molecule has 0 N–H and O–H groups in total. The Hall–Kier alpha value is -2.12. The molecule has 0 unspecified atom stereocenters. The second-order valence-corrected chi connectivity index (χ2v) is 4.32. The van der Waals surface area contributed by atoms with Gasteiger partial charge >= 0.3 is 6.18 Å². The van der Waals surface area contributed by atoms with Crippen LogP contribution < -0.4 is 5.56 Å². The van der Waals surface area contributed by atoms with Gasteiger partial charge < -0.3 is 9.13 Å². The van der Waals surface area contributed by atoms with Crippen LogP contribution in [0.1, 0.15) is 24.1 Å². The number of aryl methyl sites for hydroxylation is 1. The number of nitrogens with zero attached hydrogens (tertiary/aromatic N) is 4. The van der Waals surface area contributed by atoms with Crippen molar-refractivity contribution >= 4 is 0 Å². The maximum atomic E-state index is 12.5. The number of hydrogen-bond donors (Lipinski definition) is 0. The molecule has 0 atom stereocenters. The van der Waals surface area contributed by atoms with Gasteiger partial charge in [-0.25, -0.2) is 0 Å². The average molecular weight is 286 g/mol. The number of hydrogen-bond acceptors (Lipinski definition) is 3. The molecule has 2 rings (SSSR count). The van der Waals surface area contributed by atoms with Crippen molar-refractivity contribution in [1.29, 1.82) is 0 Å². The van der Waals surface area contributed by atoms with E-state index in [1.807, 2.05) is 6.92 Å². The highest BCUT2D eigenvalue weighted by Crippen LogP contribution is 2.27. The molecule has 0 spiro atoms. The molecule has 0 aliphatic carbocycles. The standard InChI is InChI=1S/C12H13F3N4O/c1-3-9-16-17-10(18(9)2)7-19-5-4-8(6-11(19)20)12(13,14)15/h4-6H,3,7H2,1-2H3. The molecule has 0 bridgehead atoms. The van der Waals surface area contributed by atoms with Gasteiger partial charge in [-0.05, 0) is 6.07 Å². The zero-order chi connectivity index (χ0) is 14.9. The minimum absolute atomic E-state index is 0.0838. The Labute approximate surface area is 112 Å². The van der Waals surface area contributed by atoms with Crippen LogP contribution in [-0.2, 0) is 26.2 Å². The SMILES string of the molecule is CCc1nnc(Cn2ccc(C(F)(F)F)cc2=O)n1C. The molecule has 2 heterocycles.